The topological polar surface area (TPSA) is 29.3 Å². The van der Waals surface area contributed by atoms with Gasteiger partial charge in [0, 0.05) is 35.7 Å². The molecular formula is C11H20N2S. The summed E-state index contributed by atoms with van der Waals surface area (Å²) in [6, 6.07) is 0.853. The van der Waals surface area contributed by atoms with E-state index in [0.29, 0.717) is 0 Å². The molecule has 3 fully saturated rings. The van der Waals surface area contributed by atoms with Crippen molar-refractivity contribution in [1.29, 1.82) is 0 Å². The number of thioether (sulfide) groups is 1. The molecule has 80 valence electrons. The van der Waals surface area contributed by atoms with E-state index in [0.717, 1.165) is 23.8 Å². The highest BCUT2D eigenvalue weighted by Crippen LogP contribution is 2.42. The molecule has 3 heteroatoms. The van der Waals surface area contributed by atoms with E-state index in [9.17, 15) is 0 Å². The lowest BCUT2D eigenvalue weighted by atomic mass is 9.96. The van der Waals surface area contributed by atoms with Crippen molar-refractivity contribution in [3.05, 3.63) is 0 Å². The summed E-state index contributed by atoms with van der Waals surface area (Å²) in [5.74, 6) is 2.17. The van der Waals surface area contributed by atoms with Crippen molar-refractivity contribution in [3.63, 3.8) is 0 Å². The summed E-state index contributed by atoms with van der Waals surface area (Å²) >= 11 is 2.16. The lowest BCUT2D eigenvalue weighted by Gasteiger charge is -2.35. The molecule has 0 radical (unpaired) electrons. The van der Waals surface area contributed by atoms with Crippen LogP contribution < -0.4 is 5.73 Å². The summed E-state index contributed by atoms with van der Waals surface area (Å²) in [5, 5.41) is 0.926. The SMILES string of the molecule is CC(N)(CN1CC2CC1CS2)C1CC1. The minimum Gasteiger partial charge on any atom is -0.324 e. The van der Waals surface area contributed by atoms with Gasteiger partial charge < -0.3 is 5.73 Å². The maximum atomic E-state index is 6.39. The zero-order valence-electron chi connectivity index (χ0n) is 8.91. The number of hydrogen-bond acceptors (Lipinski definition) is 3. The molecule has 14 heavy (non-hydrogen) atoms. The van der Waals surface area contributed by atoms with Gasteiger partial charge in [-0.2, -0.15) is 11.8 Å². The van der Waals surface area contributed by atoms with E-state index in [-0.39, 0.29) is 5.54 Å². The Morgan fingerprint density at radius 2 is 2.29 bits per heavy atom. The second-order valence-corrected chi connectivity index (χ2v) is 6.89. The van der Waals surface area contributed by atoms with E-state index >= 15 is 0 Å². The maximum Gasteiger partial charge on any atom is 0.0283 e. The Morgan fingerprint density at radius 1 is 1.50 bits per heavy atom. The third-order valence-electron chi connectivity index (χ3n) is 4.07. The third kappa shape index (κ3) is 1.59. The fraction of sp³-hybridized carbons (Fsp3) is 1.00. The highest BCUT2D eigenvalue weighted by Gasteiger charge is 2.44. The largest absolute Gasteiger partial charge is 0.324 e. The van der Waals surface area contributed by atoms with Gasteiger partial charge in [0.1, 0.15) is 0 Å². The zero-order valence-corrected chi connectivity index (χ0v) is 9.72. The van der Waals surface area contributed by atoms with Crippen molar-refractivity contribution < 1.29 is 0 Å². The molecule has 1 saturated carbocycles. The van der Waals surface area contributed by atoms with Crippen molar-refractivity contribution in [2.45, 2.75) is 43.0 Å². The molecule has 3 atom stereocenters. The Bertz CT molecular complexity index is 237. The van der Waals surface area contributed by atoms with Gasteiger partial charge in [-0.3, -0.25) is 4.90 Å². The lowest BCUT2D eigenvalue weighted by molar-refractivity contribution is 0.197. The lowest BCUT2D eigenvalue weighted by Crippen LogP contribution is -2.52. The number of fused-ring (bicyclic) bond motifs is 2. The van der Waals surface area contributed by atoms with Crippen LogP contribution >= 0.6 is 11.8 Å². The van der Waals surface area contributed by atoms with Crippen LogP contribution in [0.2, 0.25) is 0 Å². The van der Waals surface area contributed by atoms with Crippen LogP contribution in [0.15, 0.2) is 0 Å². The summed E-state index contributed by atoms with van der Waals surface area (Å²) in [6.07, 6.45) is 4.15. The number of hydrogen-bond donors (Lipinski definition) is 1. The van der Waals surface area contributed by atoms with Crippen molar-refractivity contribution in [3.8, 4) is 0 Å². The van der Waals surface area contributed by atoms with Gasteiger partial charge in [0.2, 0.25) is 0 Å². The first-order chi connectivity index (χ1) is 6.65. The third-order valence-corrected chi connectivity index (χ3v) is 5.46. The molecule has 2 saturated heterocycles. The average Bonchev–Trinajstić information content (AvgIpc) is 2.81. The first-order valence-corrected chi connectivity index (χ1v) is 6.84. The number of likely N-dealkylation sites (tertiary alicyclic amines) is 1. The molecule has 2 N–H and O–H groups in total. The van der Waals surface area contributed by atoms with Gasteiger partial charge in [0.25, 0.3) is 0 Å². The van der Waals surface area contributed by atoms with Crippen LogP contribution in [0.5, 0.6) is 0 Å². The summed E-state index contributed by atoms with van der Waals surface area (Å²) in [5.41, 5.74) is 6.48. The number of nitrogens with zero attached hydrogens (tertiary/aromatic N) is 1. The molecule has 2 heterocycles. The van der Waals surface area contributed by atoms with Gasteiger partial charge in [-0.05, 0) is 32.1 Å². The summed E-state index contributed by atoms with van der Waals surface area (Å²) in [7, 11) is 0. The summed E-state index contributed by atoms with van der Waals surface area (Å²) < 4.78 is 0. The van der Waals surface area contributed by atoms with Crippen LogP contribution in [-0.4, -0.2) is 40.6 Å². The minimum atomic E-state index is 0.0924. The molecular weight excluding hydrogens is 192 g/mol. The highest BCUT2D eigenvalue weighted by molar-refractivity contribution is 8.00. The molecule has 0 spiro atoms. The Kier molecular flexibility index (Phi) is 2.12. The van der Waals surface area contributed by atoms with Crippen LogP contribution in [-0.2, 0) is 0 Å². The number of rotatable bonds is 3. The van der Waals surface area contributed by atoms with Gasteiger partial charge in [-0.15, -0.1) is 0 Å². The maximum absolute atomic E-state index is 6.39. The average molecular weight is 212 g/mol. The van der Waals surface area contributed by atoms with Crippen LogP contribution in [0, 0.1) is 5.92 Å². The van der Waals surface area contributed by atoms with E-state index in [4.69, 9.17) is 5.73 Å². The van der Waals surface area contributed by atoms with Crippen LogP contribution in [0.1, 0.15) is 26.2 Å². The molecule has 0 aromatic rings. The van der Waals surface area contributed by atoms with E-state index < -0.39 is 0 Å². The van der Waals surface area contributed by atoms with E-state index in [1.807, 2.05) is 0 Å². The van der Waals surface area contributed by atoms with E-state index in [1.165, 1.54) is 31.6 Å². The summed E-state index contributed by atoms with van der Waals surface area (Å²) in [4.78, 5) is 2.65. The molecule has 0 amide bonds. The van der Waals surface area contributed by atoms with Crippen molar-refractivity contribution in [1.82, 2.24) is 4.90 Å². The van der Waals surface area contributed by atoms with Gasteiger partial charge in [-0.1, -0.05) is 0 Å². The standard InChI is InChI=1S/C11H20N2S/c1-11(12,8-2-3-8)7-13-5-10-4-9(13)6-14-10/h8-10H,2-7,12H2,1H3. The second-order valence-electron chi connectivity index (χ2n) is 5.55. The first-order valence-electron chi connectivity index (χ1n) is 5.80. The van der Waals surface area contributed by atoms with Crippen LogP contribution in [0.25, 0.3) is 0 Å². The minimum absolute atomic E-state index is 0.0924. The Hall–Kier alpha value is 0.270. The van der Waals surface area contributed by atoms with E-state index in [2.05, 4.69) is 23.6 Å². The normalized spacial score (nSPS) is 41.6. The molecule has 3 aliphatic rings. The Labute approximate surface area is 90.6 Å². The fourth-order valence-corrected chi connectivity index (χ4v) is 4.48. The first kappa shape index (κ1) is 9.49. The smallest absolute Gasteiger partial charge is 0.0283 e. The fourth-order valence-electron chi connectivity index (χ4n) is 2.98. The van der Waals surface area contributed by atoms with Crippen LogP contribution in [0.3, 0.4) is 0 Å². The molecule has 2 bridgehead atoms. The Balaban J connectivity index is 1.61. The van der Waals surface area contributed by atoms with Crippen molar-refractivity contribution in [2.75, 3.05) is 18.8 Å². The number of nitrogens with two attached hydrogens (primary N) is 1. The predicted octanol–water partition coefficient (Wildman–Crippen LogP) is 1.30. The quantitative estimate of drug-likeness (QED) is 0.765. The zero-order chi connectivity index (χ0) is 9.76. The molecule has 0 aromatic heterocycles. The van der Waals surface area contributed by atoms with E-state index in [1.54, 1.807) is 0 Å². The van der Waals surface area contributed by atoms with Gasteiger partial charge in [0.15, 0.2) is 0 Å². The highest BCUT2D eigenvalue weighted by atomic mass is 32.2. The van der Waals surface area contributed by atoms with Gasteiger partial charge >= 0.3 is 0 Å². The Morgan fingerprint density at radius 3 is 2.79 bits per heavy atom. The van der Waals surface area contributed by atoms with Gasteiger partial charge in [-0.25, -0.2) is 0 Å². The summed E-state index contributed by atoms with van der Waals surface area (Å²) in [6.45, 7) is 4.69. The molecule has 1 aliphatic carbocycles. The van der Waals surface area contributed by atoms with Crippen molar-refractivity contribution in [2.24, 2.45) is 11.7 Å². The monoisotopic (exact) mass is 212 g/mol. The predicted molar refractivity (Wildman–Crippen MR) is 61.5 cm³/mol. The van der Waals surface area contributed by atoms with Gasteiger partial charge in [0.05, 0.1) is 0 Å². The molecule has 2 nitrogen and oxygen atoms in total. The molecule has 0 aromatic carbocycles. The molecule has 2 aliphatic heterocycles. The molecule has 3 unspecified atom stereocenters. The van der Waals surface area contributed by atoms with Crippen LogP contribution in [0.4, 0.5) is 0 Å². The second kappa shape index (κ2) is 3.13. The van der Waals surface area contributed by atoms with Crippen molar-refractivity contribution >= 4 is 11.8 Å². The molecule has 3 rings (SSSR count).